The summed E-state index contributed by atoms with van der Waals surface area (Å²) < 4.78 is 16.2. The average molecular weight is 862 g/mol. The third-order valence-electron chi connectivity index (χ3n) is 13.1. The van der Waals surface area contributed by atoms with Crippen LogP contribution in [0.4, 0.5) is 32.1 Å². The molecule has 62 heavy (non-hydrogen) atoms. The van der Waals surface area contributed by atoms with Crippen LogP contribution in [0.3, 0.4) is 0 Å². The fourth-order valence-corrected chi connectivity index (χ4v) is 10.0. The molecule has 0 spiro atoms. The number of benzene rings is 3. The maximum atomic E-state index is 16.2. The van der Waals surface area contributed by atoms with Crippen molar-refractivity contribution in [2.75, 3.05) is 86.4 Å². The Kier molecular flexibility index (Phi) is 11.6. The molecule has 1 unspecified atom stereocenters. The lowest BCUT2D eigenvalue weighted by molar-refractivity contribution is -0.121. The minimum atomic E-state index is -0.787. The zero-order chi connectivity index (χ0) is 43.1. The Morgan fingerprint density at radius 3 is 2.35 bits per heavy atom. The number of halogens is 1. The summed E-state index contributed by atoms with van der Waals surface area (Å²) in [6, 6.07) is 16.9. The lowest BCUT2D eigenvalue weighted by Crippen LogP contribution is -2.49. The third-order valence-corrected chi connectivity index (χ3v) is 13.6. The van der Waals surface area contributed by atoms with Crippen molar-refractivity contribution in [3.63, 3.8) is 0 Å². The fourth-order valence-electron chi connectivity index (χ4n) is 9.55. The maximum absolute atomic E-state index is 16.2. The van der Waals surface area contributed by atoms with Crippen molar-refractivity contribution in [2.24, 2.45) is 11.7 Å². The second-order valence-corrected chi connectivity index (χ2v) is 17.5. The predicted octanol–water partition coefficient (Wildman–Crippen LogP) is 4.89. The van der Waals surface area contributed by atoms with Gasteiger partial charge in [-0.1, -0.05) is 18.2 Å². The van der Waals surface area contributed by atoms with Crippen LogP contribution in [0.15, 0.2) is 76.9 Å². The highest BCUT2D eigenvalue weighted by Crippen LogP contribution is 2.43. The quantitative estimate of drug-likeness (QED) is 0.172. The van der Waals surface area contributed by atoms with E-state index in [1.807, 2.05) is 17.1 Å². The lowest BCUT2D eigenvalue weighted by atomic mass is 9.94. The van der Waals surface area contributed by atoms with Gasteiger partial charge in [-0.3, -0.25) is 29.6 Å². The van der Waals surface area contributed by atoms with E-state index in [0.29, 0.717) is 50.0 Å². The van der Waals surface area contributed by atoms with E-state index < -0.39 is 23.7 Å². The van der Waals surface area contributed by atoms with E-state index in [1.165, 1.54) is 22.7 Å². The van der Waals surface area contributed by atoms with Gasteiger partial charge in [0.25, 0.3) is 5.91 Å². The Balaban J connectivity index is 0.793. The Morgan fingerprint density at radius 2 is 1.65 bits per heavy atom. The molecule has 5 N–H and O–H groups in total. The number of nitrogens with zero attached hydrogens (tertiary/aromatic N) is 7. The topological polar surface area (TPSA) is 163 Å². The molecule has 1 atom stereocenters. The zero-order valence-corrected chi connectivity index (χ0v) is 35.8. The van der Waals surface area contributed by atoms with Crippen LogP contribution >= 0.6 is 11.3 Å². The Labute approximate surface area is 364 Å². The summed E-state index contributed by atoms with van der Waals surface area (Å²) in [4.78, 5) is 63.1. The summed E-state index contributed by atoms with van der Waals surface area (Å²) in [6.07, 6.45) is 3.34. The van der Waals surface area contributed by atoms with Crippen molar-refractivity contribution in [3.05, 3.63) is 111 Å². The van der Waals surface area contributed by atoms with Gasteiger partial charge < -0.3 is 31.1 Å². The summed E-state index contributed by atoms with van der Waals surface area (Å²) in [5.74, 6) is -0.289. The molecule has 4 aromatic rings. The molecule has 1 aromatic heterocycles. The zero-order valence-electron chi connectivity index (χ0n) is 35.0. The molecule has 0 bridgehead atoms. The molecule has 3 fully saturated rings. The molecule has 0 saturated carbocycles. The summed E-state index contributed by atoms with van der Waals surface area (Å²) >= 11 is 1.35. The summed E-state index contributed by atoms with van der Waals surface area (Å²) in [7, 11) is 1.83. The van der Waals surface area contributed by atoms with E-state index in [9.17, 15) is 19.2 Å². The van der Waals surface area contributed by atoms with E-state index in [1.54, 1.807) is 34.8 Å². The number of carbonyl (C=O) groups excluding carboxylic acids is 4. The molecule has 6 heterocycles. The van der Waals surface area contributed by atoms with E-state index in [-0.39, 0.29) is 34.2 Å². The van der Waals surface area contributed by atoms with Crippen LogP contribution < -0.4 is 31.5 Å². The smallest absolute Gasteiger partial charge is 0.324 e. The number of likely N-dealkylation sites (N-methyl/N-ethyl adjacent to an activating group) is 1. The number of nitrogens with two attached hydrogens (primary N) is 1. The van der Waals surface area contributed by atoms with Crippen LogP contribution in [0.5, 0.6) is 0 Å². The molecule has 5 aliphatic heterocycles. The number of anilines is 4. The standard InChI is InChI=1S/C45H52FN11O4S/c1-28-34(44(60)50-37-26-62-27-48-37)8-9-35(40(28)46)41-39(42(47)59)43-49-36-10-7-33(23-31(36)13-18-57(43)52(41)2)55-21-19-53(20-22-55)24-30-11-15-54(16-12-30)32-5-3-29(4-6-32)25-56-17-14-38(58)51-45(56)61/h3-10,23,26-27,30,41,49H,11-22,24-25H2,1-2H3,(H2,47,59)(H,50,60)(H,51,58,61). The minimum absolute atomic E-state index is 0.177. The van der Waals surface area contributed by atoms with Gasteiger partial charge in [-0.25, -0.2) is 19.2 Å². The molecular formula is C45H52FN11O4S. The van der Waals surface area contributed by atoms with Crippen molar-refractivity contribution >= 4 is 58.0 Å². The number of thiazole rings is 1. The normalized spacial score (nSPS) is 20.1. The first kappa shape index (κ1) is 41.3. The van der Waals surface area contributed by atoms with Gasteiger partial charge in [0.15, 0.2) is 0 Å². The highest BCUT2D eigenvalue weighted by Gasteiger charge is 2.43. The number of piperidine rings is 1. The number of urea groups is 1. The number of piperazine rings is 1. The fraction of sp³-hybridized carbons (Fsp3) is 0.400. The number of primary amides is 1. The Hall–Kier alpha value is -6.04. The van der Waals surface area contributed by atoms with Gasteiger partial charge in [0.1, 0.15) is 17.5 Å². The van der Waals surface area contributed by atoms with Gasteiger partial charge >= 0.3 is 6.03 Å². The molecule has 0 aliphatic carbocycles. The van der Waals surface area contributed by atoms with Gasteiger partial charge in [-0.2, -0.15) is 0 Å². The van der Waals surface area contributed by atoms with Gasteiger partial charge in [0, 0.05) is 112 Å². The van der Waals surface area contributed by atoms with Crippen molar-refractivity contribution in [3.8, 4) is 0 Å². The van der Waals surface area contributed by atoms with Crippen LogP contribution in [-0.4, -0.2) is 115 Å². The van der Waals surface area contributed by atoms with Crippen LogP contribution in [0.2, 0.25) is 0 Å². The summed E-state index contributed by atoms with van der Waals surface area (Å²) in [6.45, 7) is 10.1. The molecule has 3 saturated heterocycles. The number of amides is 5. The first-order valence-electron chi connectivity index (χ1n) is 21.3. The van der Waals surface area contributed by atoms with Gasteiger partial charge in [0.2, 0.25) is 11.8 Å². The maximum Gasteiger partial charge on any atom is 0.324 e. The van der Waals surface area contributed by atoms with Crippen LogP contribution in [0.25, 0.3) is 0 Å². The second kappa shape index (κ2) is 17.4. The number of hydrazine groups is 1. The molecule has 0 radical (unpaired) electrons. The number of hydrogen-bond acceptors (Lipinski definition) is 12. The predicted molar refractivity (Wildman–Crippen MR) is 237 cm³/mol. The number of nitrogens with one attached hydrogen (secondary N) is 3. The Bertz CT molecular complexity index is 2390. The van der Waals surface area contributed by atoms with Crippen molar-refractivity contribution in [2.45, 2.75) is 45.2 Å². The second-order valence-electron chi connectivity index (χ2n) is 16.8. The van der Waals surface area contributed by atoms with E-state index in [4.69, 9.17) is 5.73 Å². The van der Waals surface area contributed by atoms with Crippen molar-refractivity contribution < 1.29 is 23.6 Å². The van der Waals surface area contributed by atoms with Gasteiger partial charge in [-0.05, 0) is 85.2 Å². The van der Waals surface area contributed by atoms with Crippen molar-refractivity contribution in [1.29, 1.82) is 0 Å². The highest BCUT2D eigenvalue weighted by atomic mass is 32.1. The SMILES string of the molecule is Cc1c(C(=O)Nc2cscn2)ccc(C2C(C(N)=O)=C3Nc4ccc(N5CCN(CC6CCN(c7ccc(CN8CCC(=O)NC8=O)cc7)CC6)CC5)cc4CCN3N2C)c1F. The number of hydrogen-bond donors (Lipinski definition) is 4. The number of imide groups is 1. The Morgan fingerprint density at radius 1 is 0.903 bits per heavy atom. The van der Waals surface area contributed by atoms with Gasteiger partial charge in [-0.15, -0.1) is 11.3 Å². The highest BCUT2D eigenvalue weighted by molar-refractivity contribution is 7.07. The summed E-state index contributed by atoms with van der Waals surface area (Å²) in [5, 5.41) is 14.1. The monoisotopic (exact) mass is 861 g/mol. The molecule has 9 rings (SSSR count). The first-order valence-corrected chi connectivity index (χ1v) is 22.3. The van der Waals surface area contributed by atoms with Crippen LogP contribution in [0.1, 0.15) is 57.9 Å². The third kappa shape index (κ3) is 8.31. The lowest BCUT2D eigenvalue weighted by Gasteiger charge is -2.40. The van der Waals surface area contributed by atoms with Gasteiger partial charge in [0.05, 0.1) is 17.1 Å². The molecule has 324 valence electrons. The molecule has 5 amide bonds. The average Bonchev–Trinajstić information content (AvgIpc) is 3.82. The van der Waals surface area contributed by atoms with E-state index >= 15 is 4.39 Å². The van der Waals surface area contributed by atoms with E-state index in [2.05, 4.69) is 78.1 Å². The number of fused-ring (bicyclic) bond motifs is 2. The minimum Gasteiger partial charge on any atom is -0.372 e. The van der Waals surface area contributed by atoms with E-state index in [0.717, 1.165) is 75.5 Å². The molecule has 3 aromatic carbocycles. The van der Waals surface area contributed by atoms with Crippen molar-refractivity contribution in [1.82, 2.24) is 30.1 Å². The molecular weight excluding hydrogens is 810 g/mol. The molecule has 15 nitrogen and oxygen atoms in total. The molecule has 5 aliphatic rings. The number of carbonyl (C=O) groups is 4. The first-order chi connectivity index (χ1) is 30.0. The number of rotatable bonds is 10. The van der Waals surface area contributed by atoms with Crippen LogP contribution in [0, 0.1) is 18.7 Å². The van der Waals surface area contributed by atoms with Crippen LogP contribution in [-0.2, 0) is 22.6 Å². The number of aromatic nitrogens is 1. The largest absolute Gasteiger partial charge is 0.372 e. The summed E-state index contributed by atoms with van der Waals surface area (Å²) in [5.41, 5.74) is 14.0. The molecule has 17 heteroatoms.